The molecule has 0 spiro atoms. The van der Waals surface area contributed by atoms with E-state index in [0.717, 1.165) is 30.9 Å². The first-order chi connectivity index (χ1) is 8.25. The normalized spacial score (nSPS) is 14.1. The maximum atomic E-state index is 10.7. The van der Waals surface area contributed by atoms with Gasteiger partial charge in [0.05, 0.1) is 6.54 Å². The van der Waals surface area contributed by atoms with Crippen molar-refractivity contribution in [3.05, 3.63) is 35.4 Å². The predicted molar refractivity (Wildman–Crippen MR) is 68.2 cm³/mol. The van der Waals surface area contributed by atoms with Crippen molar-refractivity contribution in [2.45, 2.75) is 13.3 Å². The number of amidine groups is 1. The van der Waals surface area contributed by atoms with Crippen LogP contribution in [0.2, 0.25) is 0 Å². The summed E-state index contributed by atoms with van der Waals surface area (Å²) < 4.78 is 0. The number of rotatable bonds is 4. The number of hydrogen-bond donors (Lipinski definition) is 2. The summed E-state index contributed by atoms with van der Waals surface area (Å²) in [5, 5.41) is 6.03. The molecule has 17 heavy (non-hydrogen) atoms. The van der Waals surface area contributed by atoms with Crippen molar-refractivity contribution in [3.63, 3.8) is 0 Å². The minimum absolute atomic E-state index is 0.0196. The second kappa shape index (κ2) is 5.48. The van der Waals surface area contributed by atoms with Crippen LogP contribution in [0.1, 0.15) is 18.1 Å². The quantitative estimate of drug-likeness (QED) is 0.802. The largest absolute Gasteiger partial charge is 0.368 e. The molecule has 90 valence electrons. The van der Waals surface area contributed by atoms with Crippen LogP contribution < -0.4 is 10.6 Å². The maximum absolute atomic E-state index is 10.7. The van der Waals surface area contributed by atoms with Crippen molar-refractivity contribution < 1.29 is 4.79 Å². The highest BCUT2D eigenvalue weighted by Gasteiger charge is 2.07. The van der Waals surface area contributed by atoms with Gasteiger partial charge in [-0.15, -0.1) is 0 Å². The van der Waals surface area contributed by atoms with Gasteiger partial charge in [0.2, 0.25) is 5.91 Å². The Hall–Kier alpha value is -1.84. The molecule has 0 atom stereocenters. The lowest BCUT2D eigenvalue weighted by atomic mass is 10.1. The summed E-state index contributed by atoms with van der Waals surface area (Å²) in [7, 11) is 0. The molecule has 0 saturated carbocycles. The van der Waals surface area contributed by atoms with Crippen LogP contribution in [0.4, 0.5) is 0 Å². The molecule has 4 heteroatoms. The van der Waals surface area contributed by atoms with E-state index in [1.807, 2.05) is 0 Å². The Labute approximate surface area is 101 Å². The third-order valence-electron chi connectivity index (χ3n) is 2.69. The van der Waals surface area contributed by atoms with Crippen LogP contribution in [0, 0.1) is 0 Å². The Bertz CT molecular complexity index is 423. The molecular formula is C13H17N3O. The summed E-state index contributed by atoms with van der Waals surface area (Å²) in [5.41, 5.74) is 2.35. The molecule has 0 unspecified atom stereocenters. The first-order valence-electron chi connectivity index (χ1n) is 5.88. The van der Waals surface area contributed by atoms with Gasteiger partial charge in [-0.3, -0.25) is 9.79 Å². The van der Waals surface area contributed by atoms with Crippen molar-refractivity contribution in [1.29, 1.82) is 0 Å². The number of hydrogen-bond acceptors (Lipinski definition) is 3. The molecule has 0 radical (unpaired) electrons. The Morgan fingerprint density at radius 2 is 2.18 bits per heavy atom. The lowest BCUT2D eigenvalue weighted by molar-refractivity contribution is -0.118. The van der Waals surface area contributed by atoms with Crippen molar-refractivity contribution in [1.82, 2.24) is 10.6 Å². The summed E-state index contributed by atoms with van der Waals surface area (Å²) in [4.78, 5) is 15.1. The number of benzene rings is 1. The van der Waals surface area contributed by atoms with E-state index in [4.69, 9.17) is 0 Å². The van der Waals surface area contributed by atoms with Crippen LogP contribution in [0.15, 0.2) is 29.3 Å². The molecule has 0 aromatic heterocycles. The number of carbonyl (C=O) groups excluding carboxylic acids is 1. The zero-order chi connectivity index (χ0) is 12.1. The Morgan fingerprint density at radius 1 is 1.41 bits per heavy atom. The fourth-order valence-electron chi connectivity index (χ4n) is 1.80. The minimum Gasteiger partial charge on any atom is -0.368 e. The lowest BCUT2D eigenvalue weighted by Gasteiger charge is -2.05. The molecule has 0 aliphatic carbocycles. The summed E-state index contributed by atoms with van der Waals surface area (Å²) in [5.74, 6) is 1.00. The highest BCUT2D eigenvalue weighted by molar-refractivity contribution is 5.99. The summed E-state index contributed by atoms with van der Waals surface area (Å²) >= 11 is 0. The monoisotopic (exact) mass is 231 g/mol. The van der Waals surface area contributed by atoms with Crippen LogP contribution in [0.5, 0.6) is 0 Å². The SMILES string of the molecule is CC(=O)NCCc1ccc(C2=NCCN2)cc1. The molecular weight excluding hydrogens is 214 g/mol. The molecule has 0 saturated heterocycles. The van der Waals surface area contributed by atoms with Crippen LogP contribution in [0.25, 0.3) is 0 Å². The van der Waals surface area contributed by atoms with Gasteiger partial charge in [-0.2, -0.15) is 0 Å². The lowest BCUT2D eigenvalue weighted by Crippen LogP contribution is -2.22. The summed E-state index contributed by atoms with van der Waals surface area (Å²) in [6.07, 6.45) is 0.861. The highest BCUT2D eigenvalue weighted by atomic mass is 16.1. The minimum atomic E-state index is 0.0196. The summed E-state index contributed by atoms with van der Waals surface area (Å²) in [6.45, 7) is 4.01. The van der Waals surface area contributed by atoms with E-state index in [0.29, 0.717) is 6.54 Å². The van der Waals surface area contributed by atoms with E-state index in [1.54, 1.807) is 0 Å². The van der Waals surface area contributed by atoms with E-state index < -0.39 is 0 Å². The third kappa shape index (κ3) is 3.31. The molecule has 0 bridgehead atoms. The molecule has 1 aliphatic heterocycles. The molecule has 0 fully saturated rings. The number of nitrogens with one attached hydrogen (secondary N) is 2. The number of aliphatic imine (C=N–C) groups is 1. The Morgan fingerprint density at radius 3 is 2.76 bits per heavy atom. The second-order valence-electron chi connectivity index (χ2n) is 4.09. The Kier molecular flexibility index (Phi) is 3.75. The Balaban J connectivity index is 1.91. The maximum Gasteiger partial charge on any atom is 0.216 e. The van der Waals surface area contributed by atoms with Gasteiger partial charge in [-0.1, -0.05) is 24.3 Å². The number of carbonyl (C=O) groups is 1. The van der Waals surface area contributed by atoms with Crippen molar-refractivity contribution in [2.75, 3.05) is 19.6 Å². The molecule has 1 aromatic rings. The van der Waals surface area contributed by atoms with Gasteiger partial charge in [0, 0.05) is 25.6 Å². The van der Waals surface area contributed by atoms with Gasteiger partial charge in [0.1, 0.15) is 5.84 Å². The molecule has 1 amide bonds. The summed E-state index contributed by atoms with van der Waals surface area (Å²) in [6, 6.07) is 8.31. The topological polar surface area (TPSA) is 53.5 Å². The van der Waals surface area contributed by atoms with Crippen LogP contribution in [-0.2, 0) is 11.2 Å². The van der Waals surface area contributed by atoms with Crippen molar-refractivity contribution in [3.8, 4) is 0 Å². The fraction of sp³-hybridized carbons (Fsp3) is 0.385. The van der Waals surface area contributed by atoms with E-state index in [2.05, 4.69) is 39.9 Å². The van der Waals surface area contributed by atoms with E-state index in [9.17, 15) is 4.79 Å². The van der Waals surface area contributed by atoms with Gasteiger partial charge < -0.3 is 10.6 Å². The average molecular weight is 231 g/mol. The van der Waals surface area contributed by atoms with Gasteiger partial charge in [0.25, 0.3) is 0 Å². The zero-order valence-corrected chi connectivity index (χ0v) is 9.99. The number of nitrogens with zero attached hydrogens (tertiary/aromatic N) is 1. The molecule has 4 nitrogen and oxygen atoms in total. The van der Waals surface area contributed by atoms with Gasteiger partial charge in [-0.05, 0) is 12.0 Å². The van der Waals surface area contributed by atoms with E-state index in [-0.39, 0.29) is 5.91 Å². The van der Waals surface area contributed by atoms with Gasteiger partial charge >= 0.3 is 0 Å². The van der Waals surface area contributed by atoms with Crippen molar-refractivity contribution in [2.24, 2.45) is 4.99 Å². The van der Waals surface area contributed by atoms with Gasteiger partial charge in [0.15, 0.2) is 0 Å². The van der Waals surface area contributed by atoms with Crippen molar-refractivity contribution >= 4 is 11.7 Å². The molecule has 1 aromatic carbocycles. The standard InChI is InChI=1S/C13H17N3O/c1-10(17)14-7-6-11-2-4-12(5-3-11)13-15-8-9-16-13/h2-5H,6-9H2,1H3,(H,14,17)(H,15,16). The van der Waals surface area contributed by atoms with Crippen LogP contribution in [0.3, 0.4) is 0 Å². The average Bonchev–Trinajstić information content (AvgIpc) is 2.83. The van der Waals surface area contributed by atoms with Gasteiger partial charge in [-0.25, -0.2) is 0 Å². The molecule has 1 heterocycles. The highest BCUT2D eigenvalue weighted by Crippen LogP contribution is 2.07. The fourth-order valence-corrected chi connectivity index (χ4v) is 1.80. The first kappa shape index (κ1) is 11.6. The first-order valence-corrected chi connectivity index (χ1v) is 5.88. The van der Waals surface area contributed by atoms with Crippen LogP contribution in [-0.4, -0.2) is 31.4 Å². The second-order valence-corrected chi connectivity index (χ2v) is 4.09. The van der Waals surface area contributed by atoms with Crippen LogP contribution >= 0.6 is 0 Å². The molecule has 1 aliphatic rings. The zero-order valence-electron chi connectivity index (χ0n) is 9.99. The predicted octanol–water partition coefficient (Wildman–Crippen LogP) is 0.715. The smallest absolute Gasteiger partial charge is 0.216 e. The molecule has 2 N–H and O–H groups in total. The third-order valence-corrected chi connectivity index (χ3v) is 2.69. The van der Waals surface area contributed by atoms with E-state index in [1.165, 1.54) is 12.5 Å². The van der Waals surface area contributed by atoms with E-state index >= 15 is 0 Å². The number of amides is 1. The molecule has 2 rings (SSSR count).